The summed E-state index contributed by atoms with van der Waals surface area (Å²) >= 11 is 0. The minimum absolute atomic E-state index is 0.0107. The van der Waals surface area contributed by atoms with E-state index in [1.54, 1.807) is 4.90 Å². The van der Waals surface area contributed by atoms with Crippen LogP contribution >= 0.6 is 0 Å². The molecule has 3 saturated heterocycles. The lowest BCUT2D eigenvalue weighted by Crippen LogP contribution is -2.50. The van der Waals surface area contributed by atoms with Gasteiger partial charge in [-0.15, -0.1) is 0 Å². The highest BCUT2D eigenvalue weighted by molar-refractivity contribution is 6.07. The number of hydrogen-bond donors (Lipinski definition) is 0. The Labute approximate surface area is 188 Å². The van der Waals surface area contributed by atoms with E-state index < -0.39 is 23.7 Å². The summed E-state index contributed by atoms with van der Waals surface area (Å²) in [6.07, 6.45) is 0.461. The molecule has 0 bridgehead atoms. The Hall–Kier alpha value is -1.35. The maximum atomic E-state index is 13.7. The molecule has 1 aliphatic carbocycles. The van der Waals surface area contributed by atoms with Gasteiger partial charge in [0.1, 0.15) is 5.54 Å². The van der Waals surface area contributed by atoms with E-state index in [0.29, 0.717) is 25.3 Å². The van der Waals surface area contributed by atoms with Crippen molar-refractivity contribution < 1.29 is 27.5 Å². The van der Waals surface area contributed by atoms with Gasteiger partial charge in [0, 0.05) is 38.9 Å². The zero-order valence-corrected chi connectivity index (χ0v) is 19.0. The number of carbonyl (C=O) groups excluding carboxylic acids is 2. The van der Waals surface area contributed by atoms with Crippen molar-refractivity contribution in [2.75, 3.05) is 39.4 Å². The lowest BCUT2D eigenvalue weighted by molar-refractivity contribution is -0.184. The molecule has 1 spiro atoms. The first-order chi connectivity index (χ1) is 15.3. The average molecular weight is 460 g/mol. The van der Waals surface area contributed by atoms with Crippen LogP contribution < -0.4 is 0 Å². The Morgan fingerprint density at radius 1 is 1.00 bits per heavy atom. The van der Waals surface area contributed by atoms with Crippen molar-refractivity contribution in [2.45, 2.75) is 82.5 Å². The highest BCUT2D eigenvalue weighted by Crippen LogP contribution is 2.43. The third kappa shape index (κ3) is 4.52. The van der Waals surface area contributed by atoms with Crippen molar-refractivity contribution in [1.29, 1.82) is 0 Å². The highest BCUT2D eigenvalue weighted by Gasteiger charge is 2.58. The van der Waals surface area contributed by atoms with Gasteiger partial charge in [-0.3, -0.25) is 9.69 Å². The van der Waals surface area contributed by atoms with E-state index >= 15 is 0 Å². The topological polar surface area (TPSA) is 53.1 Å². The highest BCUT2D eigenvalue weighted by atomic mass is 19.4. The second-order valence-electron chi connectivity index (χ2n) is 9.99. The van der Waals surface area contributed by atoms with Crippen LogP contribution in [0.15, 0.2) is 0 Å². The summed E-state index contributed by atoms with van der Waals surface area (Å²) in [5, 5.41) is 0. The summed E-state index contributed by atoms with van der Waals surface area (Å²) in [4.78, 5) is 32.5. The fraction of sp³-hybridized carbons (Fsp3) is 0.913. The molecule has 0 aromatic heterocycles. The van der Waals surface area contributed by atoms with Crippen molar-refractivity contribution >= 4 is 11.9 Å². The number of carbonyl (C=O) groups is 2. The average Bonchev–Trinajstić information content (AvgIpc) is 2.88. The van der Waals surface area contributed by atoms with Crippen LogP contribution in [0, 0.1) is 11.8 Å². The fourth-order valence-electron chi connectivity index (χ4n) is 6.30. The van der Waals surface area contributed by atoms with Gasteiger partial charge in [-0.25, -0.2) is 4.79 Å². The SMILES string of the molecule is CCN1C(=O)N(C2CCC(C(F)(F)F)CC2)C(=O)[C@]12CCCN(CC1CCOCC1)CC2. The van der Waals surface area contributed by atoms with Crippen LogP contribution in [0.2, 0.25) is 0 Å². The van der Waals surface area contributed by atoms with Gasteiger partial charge in [-0.2, -0.15) is 13.2 Å². The molecule has 1 atom stereocenters. The molecule has 0 N–H and O–H groups in total. The van der Waals surface area contributed by atoms with Crippen LogP contribution in [0.1, 0.15) is 64.7 Å². The van der Waals surface area contributed by atoms with Crippen LogP contribution in [0.4, 0.5) is 18.0 Å². The third-order valence-electron chi connectivity index (χ3n) is 8.18. The Morgan fingerprint density at radius 2 is 1.69 bits per heavy atom. The van der Waals surface area contributed by atoms with Gasteiger partial charge in [0.15, 0.2) is 0 Å². The number of likely N-dealkylation sites (N-methyl/N-ethyl adjacent to an activating group) is 1. The van der Waals surface area contributed by atoms with Crippen LogP contribution in [-0.4, -0.2) is 83.8 Å². The van der Waals surface area contributed by atoms with Gasteiger partial charge in [0.25, 0.3) is 5.91 Å². The number of likely N-dealkylation sites (tertiary alicyclic amines) is 1. The smallest absolute Gasteiger partial charge is 0.381 e. The summed E-state index contributed by atoms with van der Waals surface area (Å²) in [6, 6.07) is -0.713. The van der Waals surface area contributed by atoms with Gasteiger partial charge in [-0.1, -0.05) is 0 Å². The van der Waals surface area contributed by atoms with E-state index in [9.17, 15) is 22.8 Å². The standard InChI is InChI=1S/C23H36F3N3O3/c1-2-28-21(31)29(19-6-4-18(5-7-19)23(24,25)26)20(30)22(28)10-3-12-27(13-11-22)16-17-8-14-32-15-9-17/h17-19H,2-16H2,1H3/t18?,19?,22-/m1/s1. The van der Waals surface area contributed by atoms with Crippen LogP contribution in [0.3, 0.4) is 0 Å². The number of halogens is 3. The maximum Gasteiger partial charge on any atom is 0.391 e. The molecule has 4 fully saturated rings. The Kier molecular flexibility index (Phi) is 7.05. The molecule has 4 aliphatic rings. The van der Waals surface area contributed by atoms with Crippen molar-refractivity contribution in [2.24, 2.45) is 11.8 Å². The number of urea groups is 1. The van der Waals surface area contributed by atoms with Crippen LogP contribution in [-0.2, 0) is 9.53 Å². The molecular formula is C23H36F3N3O3. The second kappa shape index (κ2) is 9.49. The van der Waals surface area contributed by atoms with Crippen LogP contribution in [0.5, 0.6) is 0 Å². The van der Waals surface area contributed by atoms with E-state index in [2.05, 4.69) is 4.90 Å². The molecule has 9 heteroatoms. The van der Waals surface area contributed by atoms with Gasteiger partial charge in [0.2, 0.25) is 0 Å². The zero-order chi connectivity index (χ0) is 22.9. The van der Waals surface area contributed by atoms with Gasteiger partial charge < -0.3 is 14.5 Å². The number of ether oxygens (including phenoxy) is 1. The summed E-state index contributed by atoms with van der Waals surface area (Å²) < 4.78 is 44.7. The normalized spacial score (nSPS) is 33.9. The lowest BCUT2D eigenvalue weighted by Gasteiger charge is -2.35. The lowest BCUT2D eigenvalue weighted by atomic mass is 9.84. The zero-order valence-electron chi connectivity index (χ0n) is 19.0. The molecule has 0 radical (unpaired) electrons. The molecule has 0 aromatic rings. The Bertz CT molecular complexity index is 690. The number of amides is 3. The fourth-order valence-corrected chi connectivity index (χ4v) is 6.30. The number of imide groups is 1. The first-order valence-electron chi connectivity index (χ1n) is 12.3. The quantitative estimate of drug-likeness (QED) is 0.596. The van der Waals surface area contributed by atoms with Crippen molar-refractivity contribution in [3.8, 4) is 0 Å². The van der Waals surface area contributed by atoms with E-state index in [4.69, 9.17) is 4.74 Å². The predicted octanol–water partition coefficient (Wildman–Crippen LogP) is 4.04. The van der Waals surface area contributed by atoms with Crippen molar-refractivity contribution in [1.82, 2.24) is 14.7 Å². The largest absolute Gasteiger partial charge is 0.391 e. The first-order valence-corrected chi connectivity index (χ1v) is 12.3. The maximum absolute atomic E-state index is 13.7. The van der Waals surface area contributed by atoms with Gasteiger partial charge in [0.05, 0.1) is 5.92 Å². The van der Waals surface area contributed by atoms with E-state index in [1.807, 2.05) is 6.92 Å². The molecule has 1 saturated carbocycles. The monoisotopic (exact) mass is 459 g/mol. The number of nitrogens with zero attached hydrogens (tertiary/aromatic N) is 3. The predicted molar refractivity (Wildman–Crippen MR) is 113 cm³/mol. The molecule has 0 unspecified atom stereocenters. The Balaban J connectivity index is 1.44. The Morgan fingerprint density at radius 3 is 2.31 bits per heavy atom. The second-order valence-corrected chi connectivity index (χ2v) is 9.99. The number of rotatable bonds is 4. The molecule has 3 heterocycles. The molecule has 32 heavy (non-hydrogen) atoms. The minimum atomic E-state index is -4.20. The molecule has 0 aromatic carbocycles. The molecule has 182 valence electrons. The molecule has 3 amide bonds. The van der Waals surface area contributed by atoms with E-state index in [-0.39, 0.29) is 37.6 Å². The number of hydrogen-bond acceptors (Lipinski definition) is 4. The summed E-state index contributed by atoms with van der Waals surface area (Å²) in [5.41, 5.74) is -0.836. The third-order valence-corrected chi connectivity index (χ3v) is 8.18. The summed E-state index contributed by atoms with van der Waals surface area (Å²) in [7, 11) is 0. The minimum Gasteiger partial charge on any atom is -0.381 e. The number of alkyl halides is 3. The van der Waals surface area contributed by atoms with Crippen molar-refractivity contribution in [3.05, 3.63) is 0 Å². The molecule has 3 aliphatic heterocycles. The van der Waals surface area contributed by atoms with Gasteiger partial charge >= 0.3 is 12.2 Å². The summed E-state index contributed by atoms with van der Waals surface area (Å²) in [5.74, 6) is -0.881. The van der Waals surface area contributed by atoms with Crippen molar-refractivity contribution in [3.63, 3.8) is 0 Å². The van der Waals surface area contributed by atoms with E-state index in [0.717, 1.165) is 52.1 Å². The first kappa shape index (κ1) is 23.8. The van der Waals surface area contributed by atoms with Gasteiger partial charge in [-0.05, 0) is 77.2 Å². The molecule has 6 nitrogen and oxygen atoms in total. The summed E-state index contributed by atoms with van der Waals surface area (Å²) in [6.45, 7) is 6.63. The molecular weight excluding hydrogens is 423 g/mol. The van der Waals surface area contributed by atoms with Crippen LogP contribution in [0.25, 0.3) is 0 Å². The van der Waals surface area contributed by atoms with E-state index in [1.165, 1.54) is 4.90 Å². The molecule has 4 rings (SSSR count).